The molecule has 1 saturated heterocycles. The number of hydrogen-bond donors (Lipinski definition) is 1. The first-order chi connectivity index (χ1) is 8.65. The first-order valence-electron chi connectivity index (χ1n) is 6.01. The summed E-state index contributed by atoms with van der Waals surface area (Å²) >= 11 is 1.71. The number of rotatable bonds is 3. The van der Waals surface area contributed by atoms with Gasteiger partial charge in [-0.05, 0) is 43.0 Å². The predicted molar refractivity (Wildman–Crippen MR) is 69.4 cm³/mol. The van der Waals surface area contributed by atoms with Crippen molar-refractivity contribution in [1.82, 2.24) is 4.90 Å². The standard InChI is InChI=1S/C13H16FNO2S/c14-11-1-3-12(4-2-11)18-9-10-5-7-15(8-6-10)13(16)17/h1-4,10H,5-9H2,(H,16,17). The van der Waals surface area contributed by atoms with Crippen molar-refractivity contribution in [3.05, 3.63) is 30.1 Å². The second-order valence-electron chi connectivity index (χ2n) is 4.48. The first-order valence-corrected chi connectivity index (χ1v) is 7.00. The summed E-state index contributed by atoms with van der Waals surface area (Å²) in [6, 6.07) is 6.50. The van der Waals surface area contributed by atoms with E-state index in [1.807, 2.05) is 0 Å². The van der Waals surface area contributed by atoms with Crippen LogP contribution in [-0.2, 0) is 0 Å². The topological polar surface area (TPSA) is 40.5 Å². The molecule has 0 unspecified atom stereocenters. The average molecular weight is 269 g/mol. The quantitative estimate of drug-likeness (QED) is 0.856. The van der Waals surface area contributed by atoms with E-state index in [4.69, 9.17) is 5.11 Å². The molecule has 1 fully saturated rings. The van der Waals surface area contributed by atoms with Gasteiger partial charge in [-0.3, -0.25) is 0 Å². The van der Waals surface area contributed by atoms with Crippen molar-refractivity contribution in [1.29, 1.82) is 0 Å². The number of halogens is 1. The molecule has 0 radical (unpaired) electrons. The molecule has 1 amide bonds. The Bertz CT molecular complexity index is 402. The van der Waals surface area contributed by atoms with E-state index >= 15 is 0 Å². The van der Waals surface area contributed by atoms with Crippen LogP contribution in [0.2, 0.25) is 0 Å². The number of thioether (sulfide) groups is 1. The average Bonchev–Trinajstić information content (AvgIpc) is 2.38. The molecule has 18 heavy (non-hydrogen) atoms. The maximum Gasteiger partial charge on any atom is 0.407 e. The third-order valence-electron chi connectivity index (χ3n) is 3.18. The molecule has 1 N–H and O–H groups in total. The van der Waals surface area contributed by atoms with E-state index in [1.165, 1.54) is 17.0 Å². The third-order valence-corrected chi connectivity index (χ3v) is 4.43. The molecule has 98 valence electrons. The molecule has 1 aliphatic rings. The van der Waals surface area contributed by atoms with Gasteiger partial charge in [0.25, 0.3) is 0 Å². The van der Waals surface area contributed by atoms with Crippen molar-refractivity contribution in [2.24, 2.45) is 5.92 Å². The highest BCUT2D eigenvalue weighted by molar-refractivity contribution is 7.99. The van der Waals surface area contributed by atoms with Crippen LogP contribution in [0.15, 0.2) is 29.2 Å². The Kier molecular flexibility index (Phi) is 4.47. The van der Waals surface area contributed by atoms with E-state index in [0.29, 0.717) is 19.0 Å². The van der Waals surface area contributed by atoms with Gasteiger partial charge in [0, 0.05) is 23.7 Å². The molecule has 0 atom stereocenters. The highest BCUT2D eigenvalue weighted by atomic mass is 32.2. The molecule has 0 saturated carbocycles. The van der Waals surface area contributed by atoms with Crippen LogP contribution in [0, 0.1) is 11.7 Å². The minimum Gasteiger partial charge on any atom is -0.465 e. The lowest BCUT2D eigenvalue weighted by atomic mass is 9.99. The molecular formula is C13H16FNO2S. The molecule has 3 nitrogen and oxygen atoms in total. The zero-order valence-electron chi connectivity index (χ0n) is 10.0. The summed E-state index contributed by atoms with van der Waals surface area (Å²) in [4.78, 5) is 13.3. The summed E-state index contributed by atoms with van der Waals surface area (Å²) in [7, 11) is 0. The monoisotopic (exact) mass is 269 g/mol. The van der Waals surface area contributed by atoms with E-state index in [0.717, 1.165) is 23.5 Å². The Morgan fingerprint density at radius 1 is 1.33 bits per heavy atom. The summed E-state index contributed by atoms with van der Waals surface area (Å²) in [5.41, 5.74) is 0. The van der Waals surface area contributed by atoms with E-state index in [-0.39, 0.29) is 5.82 Å². The van der Waals surface area contributed by atoms with Gasteiger partial charge in [-0.25, -0.2) is 9.18 Å². The SMILES string of the molecule is O=C(O)N1CCC(CSc2ccc(F)cc2)CC1. The van der Waals surface area contributed by atoms with Crippen LogP contribution in [0.25, 0.3) is 0 Å². The molecular weight excluding hydrogens is 253 g/mol. The summed E-state index contributed by atoms with van der Waals surface area (Å²) in [6.45, 7) is 1.26. The van der Waals surface area contributed by atoms with Gasteiger partial charge in [-0.1, -0.05) is 0 Å². The van der Waals surface area contributed by atoms with E-state index < -0.39 is 6.09 Å². The number of likely N-dealkylation sites (tertiary alicyclic amines) is 1. The molecule has 2 rings (SSSR count). The van der Waals surface area contributed by atoms with Crippen LogP contribution in [-0.4, -0.2) is 34.9 Å². The first kappa shape index (κ1) is 13.2. The lowest BCUT2D eigenvalue weighted by Crippen LogP contribution is -2.37. The Labute approximate surface area is 110 Å². The number of nitrogens with zero attached hydrogens (tertiary/aromatic N) is 1. The molecule has 0 aromatic heterocycles. The van der Waals surface area contributed by atoms with Crippen LogP contribution in [0.5, 0.6) is 0 Å². The van der Waals surface area contributed by atoms with Crippen molar-refractivity contribution < 1.29 is 14.3 Å². The molecule has 0 aliphatic carbocycles. The van der Waals surface area contributed by atoms with E-state index in [1.54, 1.807) is 23.9 Å². The molecule has 1 aromatic carbocycles. The Morgan fingerprint density at radius 2 is 1.94 bits per heavy atom. The number of hydrogen-bond acceptors (Lipinski definition) is 2. The fourth-order valence-electron chi connectivity index (χ4n) is 2.04. The van der Waals surface area contributed by atoms with Crippen molar-refractivity contribution >= 4 is 17.9 Å². The van der Waals surface area contributed by atoms with Crippen LogP contribution in [0.4, 0.5) is 9.18 Å². The molecule has 5 heteroatoms. The minimum atomic E-state index is -0.820. The zero-order chi connectivity index (χ0) is 13.0. The summed E-state index contributed by atoms with van der Waals surface area (Å²) < 4.78 is 12.7. The smallest absolute Gasteiger partial charge is 0.407 e. The van der Waals surface area contributed by atoms with Gasteiger partial charge >= 0.3 is 6.09 Å². The van der Waals surface area contributed by atoms with Gasteiger partial charge in [0.15, 0.2) is 0 Å². The Hall–Kier alpha value is -1.23. The molecule has 1 aromatic rings. The van der Waals surface area contributed by atoms with Gasteiger partial charge in [0.2, 0.25) is 0 Å². The summed E-state index contributed by atoms with van der Waals surface area (Å²) in [6.07, 6.45) is 1.01. The molecule has 1 aliphatic heterocycles. The second-order valence-corrected chi connectivity index (χ2v) is 5.57. The molecule has 0 spiro atoms. The van der Waals surface area contributed by atoms with E-state index in [9.17, 15) is 9.18 Å². The third kappa shape index (κ3) is 3.63. The second kappa shape index (κ2) is 6.09. The summed E-state index contributed by atoms with van der Waals surface area (Å²) in [5, 5.41) is 8.84. The van der Waals surface area contributed by atoms with Crippen LogP contribution in [0.1, 0.15) is 12.8 Å². The fraction of sp³-hybridized carbons (Fsp3) is 0.462. The Balaban J connectivity index is 1.75. The maximum absolute atomic E-state index is 12.7. The highest BCUT2D eigenvalue weighted by Gasteiger charge is 2.22. The fourth-order valence-corrected chi connectivity index (χ4v) is 3.13. The van der Waals surface area contributed by atoms with Gasteiger partial charge in [-0.2, -0.15) is 0 Å². The minimum absolute atomic E-state index is 0.214. The van der Waals surface area contributed by atoms with Crippen LogP contribution < -0.4 is 0 Å². The van der Waals surface area contributed by atoms with Crippen molar-refractivity contribution in [3.8, 4) is 0 Å². The van der Waals surface area contributed by atoms with Crippen molar-refractivity contribution in [2.45, 2.75) is 17.7 Å². The highest BCUT2D eigenvalue weighted by Crippen LogP contribution is 2.26. The maximum atomic E-state index is 12.7. The van der Waals surface area contributed by atoms with Crippen LogP contribution >= 0.6 is 11.8 Å². The van der Waals surface area contributed by atoms with Gasteiger partial charge < -0.3 is 10.0 Å². The zero-order valence-corrected chi connectivity index (χ0v) is 10.8. The Morgan fingerprint density at radius 3 is 2.50 bits per heavy atom. The predicted octanol–water partition coefficient (Wildman–Crippen LogP) is 3.31. The number of piperidine rings is 1. The number of amides is 1. The van der Waals surface area contributed by atoms with Crippen molar-refractivity contribution in [3.63, 3.8) is 0 Å². The van der Waals surface area contributed by atoms with Gasteiger partial charge in [-0.15, -0.1) is 11.8 Å². The van der Waals surface area contributed by atoms with Crippen molar-refractivity contribution in [2.75, 3.05) is 18.8 Å². The lowest BCUT2D eigenvalue weighted by molar-refractivity contribution is 0.127. The number of carbonyl (C=O) groups is 1. The number of benzene rings is 1. The van der Waals surface area contributed by atoms with Gasteiger partial charge in [0.05, 0.1) is 0 Å². The van der Waals surface area contributed by atoms with Crippen LogP contribution in [0.3, 0.4) is 0 Å². The normalized spacial score (nSPS) is 16.8. The van der Waals surface area contributed by atoms with E-state index in [2.05, 4.69) is 0 Å². The van der Waals surface area contributed by atoms with Gasteiger partial charge in [0.1, 0.15) is 5.82 Å². The number of carboxylic acid groups (broad SMARTS) is 1. The summed E-state index contributed by atoms with van der Waals surface area (Å²) in [5.74, 6) is 1.31. The molecule has 1 heterocycles. The molecule has 0 bridgehead atoms. The lowest BCUT2D eigenvalue weighted by Gasteiger charge is -2.29. The largest absolute Gasteiger partial charge is 0.465 e.